The Kier molecular flexibility index (Phi) is 5.92. The van der Waals surface area contributed by atoms with Crippen molar-refractivity contribution in [2.24, 2.45) is 5.73 Å². The van der Waals surface area contributed by atoms with E-state index >= 15 is 0 Å². The summed E-state index contributed by atoms with van der Waals surface area (Å²) >= 11 is 0. The minimum atomic E-state index is -0.802. The molecule has 0 saturated carbocycles. The molecule has 0 bridgehead atoms. The number of carbonyl (C=O) groups is 1. The van der Waals surface area contributed by atoms with E-state index in [4.69, 9.17) is 10.5 Å². The third-order valence-corrected chi connectivity index (χ3v) is 1.53. The van der Waals surface area contributed by atoms with E-state index in [1.54, 1.807) is 0 Å². The molecule has 3 nitrogen and oxygen atoms in total. The highest BCUT2D eigenvalue weighted by molar-refractivity contribution is 5.85. The third kappa shape index (κ3) is 4.25. The van der Waals surface area contributed by atoms with Crippen LogP contribution in [0.5, 0.6) is 0 Å². The van der Waals surface area contributed by atoms with Crippen LogP contribution in [0, 0.1) is 6.92 Å². The largest absolute Gasteiger partial charge is 0.460 e. The molecule has 1 aromatic carbocycles. The van der Waals surface area contributed by atoms with Crippen LogP contribution in [0.15, 0.2) is 30.3 Å². The Morgan fingerprint density at radius 2 is 2.00 bits per heavy atom. The molecule has 2 N–H and O–H groups in total. The quantitative estimate of drug-likeness (QED) is 0.772. The second kappa shape index (κ2) is 6.40. The van der Waals surface area contributed by atoms with E-state index in [2.05, 4.69) is 6.92 Å². The first-order valence-corrected chi connectivity index (χ1v) is 3.99. The summed E-state index contributed by atoms with van der Waals surface area (Å²) in [5.41, 5.74) is 6.16. The average molecular weight is 215 g/mol. The molecule has 0 aliphatic rings. The van der Waals surface area contributed by atoms with Gasteiger partial charge in [0, 0.05) is 0 Å². The molecular weight excluding hydrogens is 202 g/mol. The van der Waals surface area contributed by atoms with Crippen molar-refractivity contribution >= 4 is 18.4 Å². The SMILES string of the molecule is Cl.[CH2]C(N)C(=O)OCc1ccccc1. The Morgan fingerprint density at radius 1 is 1.43 bits per heavy atom. The lowest BCUT2D eigenvalue weighted by atomic mass is 10.2. The molecule has 1 rings (SSSR count). The van der Waals surface area contributed by atoms with Crippen molar-refractivity contribution in [2.45, 2.75) is 12.6 Å². The van der Waals surface area contributed by atoms with Gasteiger partial charge in [-0.1, -0.05) is 30.3 Å². The summed E-state index contributed by atoms with van der Waals surface area (Å²) in [4.78, 5) is 10.9. The maximum absolute atomic E-state index is 10.9. The highest BCUT2D eigenvalue weighted by Gasteiger charge is 2.07. The van der Waals surface area contributed by atoms with Crippen LogP contribution in [-0.2, 0) is 16.1 Å². The Bertz CT molecular complexity index is 275. The molecular formula is C10H13ClNO2. The van der Waals surface area contributed by atoms with Gasteiger partial charge >= 0.3 is 5.97 Å². The van der Waals surface area contributed by atoms with Gasteiger partial charge in [-0.15, -0.1) is 12.4 Å². The second-order valence-corrected chi connectivity index (χ2v) is 2.70. The van der Waals surface area contributed by atoms with Crippen LogP contribution >= 0.6 is 12.4 Å². The molecule has 0 aliphatic carbocycles. The fourth-order valence-electron chi connectivity index (χ4n) is 0.836. The van der Waals surface area contributed by atoms with E-state index in [1.807, 2.05) is 30.3 Å². The molecule has 0 fully saturated rings. The highest BCUT2D eigenvalue weighted by Crippen LogP contribution is 2.00. The lowest BCUT2D eigenvalue weighted by Crippen LogP contribution is -2.28. The van der Waals surface area contributed by atoms with Crippen molar-refractivity contribution < 1.29 is 9.53 Å². The number of nitrogens with two attached hydrogens (primary N) is 1. The van der Waals surface area contributed by atoms with Gasteiger partial charge in [-0.2, -0.15) is 0 Å². The first-order valence-electron chi connectivity index (χ1n) is 3.99. The minimum Gasteiger partial charge on any atom is -0.460 e. The lowest BCUT2D eigenvalue weighted by Gasteiger charge is -2.06. The first-order chi connectivity index (χ1) is 6.20. The van der Waals surface area contributed by atoms with Gasteiger partial charge < -0.3 is 10.5 Å². The third-order valence-electron chi connectivity index (χ3n) is 1.53. The van der Waals surface area contributed by atoms with Gasteiger partial charge in [0.05, 0.1) is 0 Å². The van der Waals surface area contributed by atoms with Gasteiger partial charge in [-0.25, -0.2) is 0 Å². The minimum absolute atomic E-state index is 0. The van der Waals surface area contributed by atoms with E-state index in [9.17, 15) is 4.79 Å². The van der Waals surface area contributed by atoms with Crippen molar-refractivity contribution in [2.75, 3.05) is 0 Å². The zero-order valence-electron chi connectivity index (χ0n) is 7.68. The number of hydrogen-bond donors (Lipinski definition) is 1. The molecule has 1 atom stereocenters. The van der Waals surface area contributed by atoms with Gasteiger partial charge in [0.25, 0.3) is 0 Å². The van der Waals surface area contributed by atoms with Crippen LogP contribution in [0.4, 0.5) is 0 Å². The van der Waals surface area contributed by atoms with Crippen molar-refractivity contribution in [3.05, 3.63) is 42.8 Å². The summed E-state index contributed by atoms with van der Waals surface area (Å²) in [6.45, 7) is 3.61. The molecule has 77 valence electrons. The Hall–Kier alpha value is -1.06. The number of carbonyl (C=O) groups excluding carboxylic acids is 1. The predicted molar refractivity (Wildman–Crippen MR) is 56.8 cm³/mol. The molecule has 14 heavy (non-hydrogen) atoms. The fraction of sp³-hybridized carbons (Fsp3) is 0.200. The summed E-state index contributed by atoms with van der Waals surface area (Å²) in [5.74, 6) is -0.483. The lowest BCUT2D eigenvalue weighted by molar-refractivity contribution is -0.145. The monoisotopic (exact) mass is 214 g/mol. The zero-order chi connectivity index (χ0) is 9.68. The van der Waals surface area contributed by atoms with Gasteiger partial charge in [-0.3, -0.25) is 4.79 Å². The van der Waals surface area contributed by atoms with E-state index in [0.717, 1.165) is 5.56 Å². The van der Waals surface area contributed by atoms with Crippen LogP contribution < -0.4 is 5.73 Å². The standard InChI is InChI=1S/C10H12NO2.ClH/c1-8(11)10(12)13-7-9-5-3-2-4-6-9;/h2-6,8H,1,7,11H2;1H. The normalized spacial score (nSPS) is 11.3. The summed E-state index contributed by atoms with van der Waals surface area (Å²) in [6, 6.07) is 8.62. The summed E-state index contributed by atoms with van der Waals surface area (Å²) in [6.07, 6.45) is 0. The molecule has 0 spiro atoms. The average Bonchev–Trinajstić information content (AvgIpc) is 2.15. The van der Waals surface area contributed by atoms with Crippen LogP contribution in [0.1, 0.15) is 5.56 Å². The van der Waals surface area contributed by atoms with Crippen LogP contribution in [-0.4, -0.2) is 12.0 Å². The maximum atomic E-state index is 10.9. The number of hydrogen-bond acceptors (Lipinski definition) is 3. The maximum Gasteiger partial charge on any atom is 0.323 e. The van der Waals surface area contributed by atoms with Gasteiger partial charge in [0.1, 0.15) is 12.6 Å². The molecule has 4 heteroatoms. The summed E-state index contributed by atoms with van der Waals surface area (Å²) < 4.78 is 4.86. The van der Waals surface area contributed by atoms with Crippen LogP contribution in [0.25, 0.3) is 0 Å². The smallest absolute Gasteiger partial charge is 0.323 e. The van der Waals surface area contributed by atoms with Crippen molar-refractivity contribution in [1.29, 1.82) is 0 Å². The number of rotatable bonds is 3. The van der Waals surface area contributed by atoms with Crippen molar-refractivity contribution in [3.63, 3.8) is 0 Å². The molecule has 0 aromatic heterocycles. The molecule has 0 heterocycles. The van der Waals surface area contributed by atoms with E-state index in [0.29, 0.717) is 0 Å². The first kappa shape index (κ1) is 12.9. The second-order valence-electron chi connectivity index (χ2n) is 2.70. The van der Waals surface area contributed by atoms with Crippen LogP contribution in [0.2, 0.25) is 0 Å². The topological polar surface area (TPSA) is 52.3 Å². The number of benzene rings is 1. The Morgan fingerprint density at radius 3 is 2.50 bits per heavy atom. The fourth-order valence-corrected chi connectivity index (χ4v) is 0.836. The molecule has 1 radical (unpaired) electrons. The molecule has 0 aliphatic heterocycles. The predicted octanol–water partition coefficient (Wildman–Crippen LogP) is 1.31. The van der Waals surface area contributed by atoms with Crippen molar-refractivity contribution in [3.8, 4) is 0 Å². The van der Waals surface area contributed by atoms with E-state index in [1.165, 1.54) is 0 Å². The van der Waals surface area contributed by atoms with E-state index in [-0.39, 0.29) is 19.0 Å². The highest BCUT2D eigenvalue weighted by atomic mass is 35.5. The zero-order valence-corrected chi connectivity index (χ0v) is 8.50. The Balaban J connectivity index is 0.00000169. The molecule has 0 amide bonds. The van der Waals surface area contributed by atoms with Crippen molar-refractivity contribution in [1.82, 2.24) is 0 Å². The Labute approximate surface area is 89.7 Å². The molecule has 0 saturated heterocycles. The molecule has 1 aromatic rings. The van der Waals surface area contributed by atoms with Gasteiger partial charge in [0.2, 0.25) is 0 Å². The van der Waals surface area contributed by atoms with Gasteiger partial charge in [0.15, 0.2) is 0 Å². The number of esters is 1. The summed E-state index contributed by atoms with van der Waals surface area (Å²) in [5, 5.41) is 0. The molecule has 1 unspecified atom stereocenters. The van der Waals surface area contributed by atoms with Crippen LogP contribution in [0.3, 0.4) is 0 Å². The number of ether oxygens (including phenoxy) is 1. The summed E-state index contributed by atoms with van der Waals surface area (Å²) in [7, 11) is 0. The number of halogens is 1. The van der Waals surface area contributed by atoms with E-state index < -0.39 is 12.0 Å². The van der Waals surface area contributed by atoms with Gasteiger partial charge in [-0.05, 0) is 12.5 Å².